The summed E-state index contributed by atoms with van der Waals surface area (Å²) in [4.78, 5) is 0. The molecule has 1 atom stereocenters. The first-order valence-corrected chi connectivity index (χ1v) is 8.66. The van der Waals surface area contributed by atoms with Gasteiger partial charge in [0, 0.05) is 12.0 Å². The Balaban J connectivity index is 2.48. The minimum atomic E-state index is 0.367. The molecule has 0 aliphatic rings. The molecule has 1 unspecified atom stereocenters. The van der Waals surface area contributed by atoms with Crippen LogP contribution in [0.3, 0.4) is 0 Å². The molecule has 2 heteroatoms. The average molecular weight is 304 g/mol. The van der Waals surface area contributed by atoms with Gasteiger partial charge in [0.2, 0.25) is 0 Å². The highest BCUT2D eigenvalue weighted by Gasteiger charge is 2.11. The molecule has 0 aromatic heterocycles. The molecular formula is C20H32O2. The summed E-state index contributed by atoms with van der Waals surface area (Å²) < 4.78 is 10.5. The van der Waals surface area contributed by atoms with E-state index < -0.39 is 0 Å². The van der Waals surface area contributed by atoms with Gasteiger partial charge in [-0.1, -0.05) is 82.2 Å². The lowest BCUT2D eigenvalue weighted by Gasteiger charge is -2.15. The highest BCUT2D eigenvalue weighted by molar-refractivity contribution is 5.23. The third kappa shape index (κ3) is 7.53. The smallest absolute Gasteiger partial charge is 0.274 e. The average Bonchev–Trinajstić information content (AvgIpc) is 2.57. The molecule has 1 aromatic carbocycles. The zero-order valence-corrected chi connectivity index (χ0v) is 14.5. The molecule has 0 N–H and O–H groups in total. The second-order valence-electron chi connectivity index (χ2n) is 5.82. The predicted molar refractivity (Wildman–Crippen MR) is 93.9 cm³/mol. The first-order chi connectivity index (χ1) is 10.8. The van der Waals surface area contributed by atoms with Crippen LogP contribution in [0.15, 0.2) is 42.4 Å². The minimum Gasteiger partial charge on any atom is -0.469 e. The van der Waals surface area contributed by atoms with E-state index in [1.807, 2.05) is 0 Å². The topological polar surface area (TPSA) is 18.5 Å². The van der Waals surface area contributed by atoms with Crippen LogP contribution < -0.4 is 0 Å². The van der Waals surface area contributed by atoms with Crippen molar-refractivity contribution in [3.8, 4) is 0 Å². The SMILES string of the molecule is CCCCCCCCCC(C=C(OC)OC)c1ccccc1. The molecule has 0 bridgehead atoms. The van der Waals surface area contributed by atoms with E-state index in [1.54, 1.807) is 14.2 Å². The molecule has 1 aromatic rings. The fraction of sp³-hybridized carbons (Fsp3) is 0.600. The summed E-state index contributed by atoms with van der Waals surface area (Å²) in [7, 11) is 3.32. The molecule has 124 valence electrons. The highest BCUT2D eigenvalue weighted by atomic mass is 16.7. The number of benzene rings is 1. The first kappa shape index (κ1) is 18.6. The number of ether oxygens (including phenoxy) is 2. The molecule has 22 heavy (non-hydrogen) atoms. The summed E-state index contributed by atoms with van der Waals surface area (Å²) in [6.07, 6.45) is 12.6. The van der Waals surface area contributed by atoms with Gasteiger partial charge in [-0.15, -0.1) is 0 Å². The predicted octanol–water partition coefficient (Wildman–Crippen LogP) is 6.05. The van der Waals surface area contributed by atoms with Crippen molar-refractivity contribution in [2.24, 2.45) is 0 Å². The van der Waals surface area contributed by atoms with Crippen molar-refractivity contribution in [2.45, 2.75) is 64.2 Å². The summed E-state index contributed by atoms with van der Waals surface area (Å²) in [6, 6.07) is 10.6. The van der Waals surface area contributed by atoms with Crippen molar-refractivity contribution in [1.29, 1.82) is 0 Å². The third-order valence-electron chi connectivity index (χ3n) is 4.09. The molecule has 0 aliphatic heterocycles. The van der Waals surface area contributed by atoms with E-state index in [0.717, 1.165) is 6.42 Å². The molecule has 1 rings (SSSR count). The van der Waals surface area contributed by atoms with Crippen LogP contribution in [0.1, 0.15) is 69.8 Å². The lowest BCUT2D eigenvalue weighted by Crippen LogP contribution is -2.00. The van der Waals surface area contributed by atoms with Crippen LogP contribution in [0.5, 0.6) is 0 Å². The van der Waals surface area contributed by atoms with Crippen molar-refractivity contribution < 1.29 is 9.47 Å². The Morgan fingerprint density at radius 1 is 0.909 bits per heavy atom. The van der Waals surface area contributed by atoms with Gasteiger partial charge in [0.05, 0.1) is 14.2 Å². The third-order valence-corrected chi connectivity index (χ3v) is 4.09. The second kappa shape index (κ2) is 12.1. The van der Waals surface area contributed by atoms with Crippen molar-refractivity contribution in [1.82, 2.24) is 0 Å². The molecule has 0 spiro atoms. The fourth-order valence-corrected chi connectivity index (χ4v) is 2.75. The van der Waals surface area contributed by atoms with Gasteiger partial charge in [-0.05, 0) is 12.0 Å². The summed E-state index contributed by atoms with van der Waals surface area (Å²) in [5.41, 5.74) is 1.33. The lowest BCUT2D eigenvalue weighted by atomic mass is 9.92. The summed E-state index contributed by atoms with van der Waals surface area (Å²) in [5.74, 6) is 0.976. The Morgan fingerprint density at radius 2 is 1.50 bits per heavy atom. The van der Waals surface area contributed by atoms with E-state index in [1.165, 1.54) is 50.5 Å². The number of hydrogen-bond donors (Lipinski definition) is 0. The monoisotopic (exact) mass is 304 g/mol. The Morgan fingerprint density at radius 3 is 2.09 bits per heavy atom. The number of rotatable bonds is 12. The van der Waals surface area contributed by atoms with Gasteiger partial charge < -0.3 is 9.47 Å². The summed E-state index contributed by atoms with van der Waals surface area (Å²) in [5, 5.41) is 0. The number of unbranched alkanes of at least 4 members (excludes halogenated alkanes) is 6. The molecule has 0 amide bonds. The molecule has 2 nitrogen and oxygen atoms in total. The molecule has 0 saturated carbocycles. The maximum absolute atomic E-state index is 5.26. The largest absolute Gasteiger partial charge is 0.469 e. The zero-order valence-electron chi connectivity index (χ0n) is 14.5. The maximum Gasteiger partial charge on any atom is 0.274 e. The lowest BCUT2D eigenvalue weighted by molar-refractivity contribution is 0.0931. The number of hydrogen-bond acceptors (Lipinski definition) is 2. The summed E-state index contributed by atoms with van der Waals surface area (Å²) >= 11 is 0. The van der Waals surface area contributed by atoms with E-state index in [-0.39, 0.29) is 0 Å². The Kier molecular flexibility index (Phi) is 10.3. The van der Waals surface area contributed by atoms with Crippen LogP contribution >= 0.6 is 0 Å². The van der Waals surface area contributed by atoms with Gasteiger partial charge in [0.1, 0.15) is 0 Å². The quantitative estimate of drug-likeness (QED) is 0.346. The van der Waals surface area contributed by atoms with E-state index in [9.17, 15) is 0 Å². The summed E-state index contributed by atoms with van der Waals surface area (Å²) in [6.45, 7) is 2.26. The Labute approximate surface area is 136 Å². The van der Waals surface area contributed by atoms with Gasteiger partial charge in [-0.25, -0.2) is 0 Å². The first-order valence-electron chi connectivity index (χ1n) is 8.66. The van der Waals surface area contributed by atoms with Gasteiger partial charge in [-0.2, -0.15) is 0 Å². The van der Waals surface area contributed by atoms with E-state index in [2.05, 4.69) is 43.3 Å². The van der Waals surface area contributed by atoms with Crippen molar-refractivity contribution in [3.63, 3.8) is 0 Å². The van der Waals surface area contributed by atoms with Gasteiger partial charge in [-0.3, -0.25) is 0 Å². The number of allylic oxidation sites excluding steroid dienone is 1. The van der Waals surface area contributed by atoms with Crippen LogP contribution in [-0.2, 0) is 9.47 Å². The normalized spacial score (nSPS) is 11.8. The Bertz CT molecular complexity index is 391. The van der Waals surface area contributed by atoms with Crippen LogP contribution in [0, 0.1) is 0 Å². The van der Waals surface area contributed by atoms with E-state index in [4.69, 9.17) is 9.47 Å². The van der Waals surface area contributed by atoms with Crippen molar-refractivity contribution in [3.05, 3.63) is 47.9 Å². The van der Waals surface area contributed by atoms with Gasteiger partial charge >= 0.3 is 0 Å². The standard InChI is InChI=1S/C20H32O2/c1-4-5-6-7-8-9-11-16-19(17-20(21-2)22-3)18-14-12-10-13-15-18/h10,12-15,17,19H,4-9,11,16H2,1-3H3. The van der Waals surface area contributed by atoms with E-state index >= 15 is 0 Å². The van der Waals surface area contributed by atoms with Crippen molar-refractivity contribution in [2.75, 3.05) is 14.2 Å². The molecule has 0 heterocycles. The van der Waals surface area contributed by atoms with Crippen molar-refractivity contribution >= 4 is 0 Å². The molecular weight excluding hydrogens is 272 g/mol. The van der Waals surface area contributed by atoms with Crippen LogP contribution in [0.4, 0.5) is 0 Å². The van der Waals surface area contributed by atoms with Crippen LogP contribution in [0.25, 0.3) is 0 Å². The number of methoxy groups -OCH3 is 2. The Hall–Kier alpha value is -1.44. The molecule has 0 fully saturated rings. The fourth-order valence-electron chi connectivity index (χ4n) is 2.75. The van der Waals surface area contributed by atoms with E-state index in [0.29, 0.717) is 11.9 Å². The minimum absolute atomic E-state index is 0.367. The molecule has 0 saturated heterocycles. The molecule has 0 aliphatic carbocycles. The maximum atomic E-state index is 5.26. The molecule has 0 radical (unpaired) electrons. The highest BCUT2D eigenvalue weighted by Crippen LogP contribution is 2.26. The van der Waals surface area contributed by atoms with Gasteiger partial charge in [0.25, 0.3) is 5.95 Å². The van der Waals surface area contributed by atoms with Crippen LogP contribution in [-0.4, -0.2) is 14.2 Å². The zero-order chi connectivity index (χ0) is 16.0. The van der Waals surface area contributed by atoms with Gasteiger partial charge in [0.15, 0.2) is 0 Å². The van der Waals surface area contributed by atoms with Crippen LogP contribution in [0.2, 0.25) is 0 Å². The second-order valence-corrected chi connectivity index (χ2v) is 5.82.